The molecule has 18 heavy (non-hydrogen) atoms. The molecule has 2 rings (SSSR count). The molecule has 0 bridgehead atoms. The summed E-state index contributed by atoms with van der Waals surface area (Å²) in [5.74, 6) is -0.149. The Kier molecular flexibility index (Phi) is 4.15. The van der Waals surface area contributed by atoms with E-state index in [4.69, 9.17) is 0 Å². The van der Waals surface area contributed by atoms with Gasteiger partial charge in [-0.3, -0.25) is 4.79 Å². The number of nitrogens with zero attached hydrogens (tertiary/aromatic N) is 2. The Morgan fingerprint density at radius 1 is 1.33 bits per heavy atom. The number of amides is 1. The zero-order chi connectivity index (χ0) is 13.0. The van der Waals surface area contributed by atoms with Crippen molar-refractivity contribution in [2.24, 2.45) is 0 Å². The van der Waals surface area contributed by atoms with Crippen LogP contribution in [0, 0.1) is 5.82 Å². The molecule has 0 spiro atoms. The van der Waals surface area contributed by atoms with Crippen molar-refractivity contribution < 1.29 is 9.18 Å². The number of piperazine rings is 1. The van der Waals surface area contributed by atoms with Crippen LogP contribution in [0.25, 0.3) is 0 Å². The van der Waals surface area contributed by atoms with Crippen molar-refractivity contribution in [1.82, 2.24) is 10.2 Å². The van der Waals surface area contributed by atoms with Crippen molar-refractivity contribution in [3.05, 3.63) is 30.1 Å². The maximum absolute atomic E-state index is 12.8. The molecular formula is C13H18FN3O. The van der Waals surface area contributed by atoms with E-state index in [0.29, 0.717) is 6.54 Å². The lowest BCUT2D eigenvalue weighted by Crippen LogP contribution is -2.49. The van der Waals surface area contributed by atoms with E-state index < -0.39 is 0 Å². The minimum Gasteiger partial charge on any atom is -0.365 e. The zero-order valence-corrected chi connectivity index (χ0v) is 10.5. The third-order valence-corrected chi connectivity index (χ3v) is 3.11. The molecule has 0 aliphatic carbocycles. The summed E-state index contributed by atoms with van der Waals surface area (Å²) in [5.41, 5.74) is 0.847. The summed E-state index contributed by atoms with van der Waals surface area (Å²) in [7, 11) is 1.84. The topological polar surface area (TPSA) is 35.6 Å². The zero-order valence-electron chi connectivity index (χ0n) is 10.5. The van der Waals surface area contributed by atoms with Crippen LogP contribution >= 0.6 is 0 Å². The molecule has 1 heterocycles. The van der Waals surface area contributed by atoms with Gasteiger partial charge in [0, 0.05) is 38.9 Å². The lowest BCUT2D eigenvalue weighted by atomic mass is 10.3. The van der Waals surface area contributed by atoms with Crippen molar-refractivity contribution in [3.8, 4) is 0 Å². The Balaban J connectivity index is 1.91. The Hall–Kier alpha value is -1.62. The van der Waals surface area contributed by atoms with Gasteiger partial charge in [-0.25, -0.2) is 4.39 Å². The molecular weight excluding hydrogens is 233 g/mol. The fourth-order valence-corrected chi connectivity index (χ4v) is 2.00. The van der Waals surface area contributed by atoms with Crippen LogP contribution in [-0.2, 0) is 4.79 Å². The van der Waals surface area contributed by atoms with Crippen LogP contribution in [-0.4, -0.2) is 50.6 Å². The summed E-state index contributed by atoms with van der Waals surface area (Å²) in [6.45, 7) is 3.55. The second-order valence-electron chi connectivity index (χ2n) is 4.46. The number of benzene rings is 1. The molecule has 1 amide bonds. The van der Waals surface area contributed by atoms with E-state index in [2.05, 4.69) is 5.32 Å². The van der Waals surface area contributed by atoms with E-state index in [1.54, 1.807) is 12.1 Å². The monoisotopic (exact) mass is 251 g/mol. The molecule has 98 valence electrons. The Morgan fingerprint density at radius 2 is 1.94 bits per heavy atom. The van der Waals surface area contributed by atoms with Crippen LogP contribution in [0.1, 0.15) is 0 Å². The summed E-state index contributed by atoms with van der Waals surface area (Å²) in [6, 6.07) is 6.17. The second kappa shape index (κ2) is 5.82. The number of halogens is 1. The van der Waals surface area contributed by atoms with Gasteiger partial charge in [0.1, 0.15) is 5.82 Å². The first-order valence-corrected chi connectivity index (χ1v) is 6.12. The molecule has 0 aromatic heterocycles. The van der Waals surface area contributed by atoms with Crippen LogP contribution in [0.5, 0.6) is 0 Å². The predicted molar refractivity (Wildman–Crippen MR) is 69.1 cm³/mol. The number of likely N-dealkylation sites (N-methyl/N-ethyl adjacent to an activating group) is 1. The fraction of sp³-hybridized carbons (Fsp3) is 0.462. The van der Waals surface area contributed by atoms with Gasteiger partial charge in [0.15, 0.2) is 0 Å². The van der Waals surface area contributed by atoms with Gasteiger partial charge in [0.25, 0.3) is 0 Å². The fourth-order valence-electron chi connectivity index (χ4n) is 2.00. The van der Waals surface area contributed by atoms with Gasteiger partial charge >= 0.3 is 0 Å². The quantitative estimate of drug-likeness (QED) is 0.858. The Labute approximate surface area is 106 Å². The summed E-state index contributed by atoms with van der Waals surface area (Å²) >= 11 is 0. The highest BCUT2D eigenvalue weighted by molar-refractivity contribution is 5.81. The van der Waals surface area contributed by atoms with Gasteiger partial charge in [0.2, 0.25) is 5.91 Å². The first kappa shape index (κ1) is 12.8. The highest BCUT2D eigenvalue weighted by Crippen LogP contribution is 2.13. The van der Waals surface area contributed by atoms with Crippen molar-refractivity contribution in [2.45, 2.75) is 0 Å². The molecule has 1 aliphatic heterocycles. The molecule has 1 fully saturated rings. The minimum atomic E-state index is -0.263. The van der Waals surface area contributed by atoms with E-state index >= 15 is 0 Å². The van der Waals surface area contributed by atoms with Crippen LogP contribution < -0.4 is 10.2 Å². The first-order valence-electron chi connectivity index (χ1n) is 6.12. The maximum Gasteiger partial charge on any atom is 0.242 e. The van der Waals surface area contributed by atoms with Crippen LogP contribution in [0.15, 0.2) is 24.3 Å². The van der Waals surface area contributed by atoms with Gasteiger partial charge in [-0.05, 0) is 24.3 Å². The van der Waals surface area contributed by atoms with Gasteiger partial charge < -0.3 is 15.1 Å². The van der Waals surface area contributed by atoms with Crippen molar-refractivity contribution >= 4 is 11.6 Å². The largest absolute Gasteiger partial charge is 0.365 e. The number of carbonyl (C=O) groups is 1. The van der Waals surface area contributed by atoms with Crippen molar-refractivity contribution in [1.29, 1.82) is 0 Å². The number of hydrogen-bond donors (Lipinski definition) is 1. The summed E-state index contributed by atoms with van der Waals surface area (Å²) < 4.78 is 12.8. The van der Waals surface area contributed by atoms with E-state index in [9.17, 15) is 9.18 Å². The third kappa shape index (κ3) is 3.20. The second-order valence-corrected chi connectivity index (χ2v) is 4.46. The number of anilines is 1. The van der Waals surface area contributed by atoms with E-state index in [1.807, 2.05) is 16.8 Å². The number of nitrogens with one attached hydrogen (secondary N) is 1. The molecule has 1 N–H and O–H groups in total. The molecule has 1 saturated heterocycles. The summed E-state index contributed by atoms with van der Waals surface area (Å²) in [4.78, 5) is 15.7. The smallest absolute Gasteiger partial charge is 0.242 e. The highest BCUT2D eigenvalue weighted by Gasteiger charge is 2.17. The molecule has 0 saturated carbocycles. The molecule has 1 aliphatic rings. The van der Waals surface area contributed by atoms with Crippen molar-refractivity contribution in [2.75, 3.05) is 44.7 Å². The maximum atomic E-state index is 12.8. The summed E-state index contributed by atoms with van der Waals surface area (Å²) in [6.07, 6.45) is 0. The van der Waals surface area contributed by atoms with Crippen LogP contribution in [0.3, 0.4) is 0 Å². The SMILES string of the molecule is CN(CC(=O)N1CCNCC1)c1ccc(F)cc1. The molecule has 1 aromatic rings. The lowest BCUT2D eigenvalue weighted by molar-refractivity contribution is -0.130. The van der Waals surface area contributed by atoms with E-state index in [1.165, 1.54) is 12.1 Å². The Morgan fingerprint density at radius 3 is 2.56 bits per heavy atom. The first-order chi connectivity index (χ1) is 8.66. The van der Waals surface area contributed by atoms with Gasteiger partial charge in [-0.2, -0.15) is 0 Å². The van der Waals surface area contributed by atoms with Gasteiger partial charge in [0.05, 0.1) is 6.54 Å². The average Bonchev–Trinajstić information content (AvgIpc) is 2.40. The molecule has 1 aromatic carbocycles. The number of carbonyl (C=O) groups excluding carboxylic acids is 1. The molecule has 0 radical (unpaired) electrons. The van der Waals surface area contributed by atoms with Crippen LogP contribution in [0.4, 0.5) is 10.1 Å². The van der Waals surface area contributed by atoms with Gasteiger partial charge in [-0.1, -0.05) is 0 Å². The molecule has 4 nitrogen and oxygen atoms in total. The lowest BCUT2D eigenvalue weighted by Gasteiger charge is -2.29. The molecule has 0 atom stereocenters. The Bertz CT molecular complexity index is 401. The molecule has 0 unspecified atom stereocenters. The highest BCUT2D eigenvalue weighted by atomic mass is 19.1. The van der Waals surface area contributed by atoms with Gasteiger partial charge in [-0.15, -0.1) is 0 Å². The number of hydrogen-bond acceptors (Lipinski definition) is 3. The standard InChI is InChI=1S/C13H18FN3O/c1-16(12-4-2-11(14)3-5-12)10-13(18)17-8-6-15-7-9-17/h2-5,15H,6-10H2,1H3. The van der Waals surface area contributed by atoms with E-state index in [-0.39, 0.29) is 11.7 Å². The third-order valence-electron chi connectivity index (χ3n) is 3.11. The average molecular weight is 251 g/mol. The predicted octanol–water partition coefficient (Wildman–Crippen LogP) is 0.694. The van der Waals surface area contributed by atoms with Crippen molar-refractivity contribution in [3.63, 3.8) is 0 Å². The molecule has 5 heteroatoms. The van der Waals surface area contributed by atoms with E-state index in [0.717, 1.165) is 31.9 Å². The summed E-state index contributed by atoms with van der Waals surface area (Å²) in [5, 5.41) is 3.21. The number of rotatable bonds is 3. The normalized spacial score (nSPS) is 15.6. The van der Waals surface area contributed by atoms with Crippen LogP contribution in [0.2, 0.25) is 0 Å². The minimum absolute atomic E-state index is 0.114.